The van der Waals surface area contributed by atoms with Crippen LogP contribution < -0.4 is 0 Å². The Labute approximate surface area is 105 Å². The number of rotatable bonds is 6. The lowest BCUT2D eigenvalue weighted by molar-refractivity contribution is 0.359. The van der Waals surface area contributed by atoms with Crippen LogP contribution in [0.15, 0.2) is 18.2 Å². The first-order valence-electron chi connectivity index (χ1n) is 7.04. The van der Waals surface area contributed by atoms with Gasteiger partial charge < -0.3 is 4.74 Å². The Morgan fingerprint density at radius 2 is 1.82 bits per heavy atom. The summed E-state index contributed by atoms with van der Waals surface area (Å²) in [5.74, 6) is 0. The van der Waals surface area contributed by atoms with Gasteiger partial charge in [-0.3, -0.25) is 0 Å². The number of benzene rings is 1. The third kappa shape index (κ3) is 3.10. The highest BCUT2D eigenvalue weighted by atomic mass is 16.6. The first-order valence-corrected chi connectivity index (χ1v) is 7.04. The molecular formula is C16H24O. The highest BCUT2D eigenvalue weighted by Crippen LogP contribution is 2.29. The molecule has 1 nitrogen and oxygen atoms in total. The molecule has 0 N–H and O–H groups in total. The first-order chi connectivity index (χ1) is 8.28. The molecule has 0 bridgehead atoms. The van der Waals surface area contributed by atoms with Crippen molar-refractivity contribution < 1.29 is 4.74 Å². The third-order valence-electron chi connectivity index (χ3n) is 3.85. The molecule has 1 aliphatic rings. The molecule has 0 radical (unpaired) electrons. The van der Waals surface area contributed by atoms with Crippen LogP contribution in [-0.2, 0) is 24.0 Å². The van der Waals surface area contributed by atoms with Crippen LogP contribution in [0.3, 0.4) is 0 Å². The maximum atomic E-state index is 5.62. The van der Waals surface area contributed by atoms with E-state index in [1.54, 1.807) is 0 Å². The van der Waals surface area contributed by atoms with Crippen LogP contribution >= 0.6 is 0 Å². The maximum Gasteiger partial charge on any atom is 0.0845 e. The molecule has 17 heavy (non-hydrogen) atoms. The van der Waals surface area contributed by atoms with Gasteiger partial charge in [0, 0.05) is 0 Å². The summed E-state index contributed by atoms with van der Waals surface area (Å²) in [4.78, 5) is 0. The molecule has 0 saturated carbocycles. The summed E-state index contributed by atoms with van der Waals surface area (Å²) in [5, 5.41) is 0. The zero-order valence-corrected chi connectivity index (χ0v) is 11.3. The van der Waals surface area contributed by atoms with Gasteiger partial charge in [-0.15, -0.1) is 0 Å². The Kier molecular flexibility index (Phi) is 4.22. The SMILES string of the molecule is CCc1ccc(CC)c(CCC2OC2CC)c1. The van der Waals surface area contributed by atoms with E-state index in [0.717, 1.165) is 12.8 Å². The third-order valence-corrected chi connectivity index (χ3v) is 3.85. The lowest BCUT2D eigenvalue weighted by atomic mass is 9.96. The number of hydrogen-bond donors (Lipinski definition) is 0. The molecule has 0 aliphatic carbocycles. The van der Waals surface area contributed by atoms with Gasteiger partial charge in [-0.2, -0.15) is 0 Å². The van der Waals surface area contributed by atoms with Gasteiger partial charge in [0.25, 0.3) is 0 Å². The molecule has 1 aliphatic heterocycles. The first kappa shape index (κ1) is 12.6. The van der Waals surface area contributed by atoms with Gasteiger partial charge in [0.2, 0.25) is 0 Å². The summed E-state index contributed by atoms with van der Waals surface area (Å²) in [5.41, 5.74) is 4.51. The minimum absolute atomic E-state index is 0.537. The van der Waals surface area contributed by atoms with Gasteiger partial charge in [-0.05, 0) is 48.8 Å². The summed E-state index contributed by atoms with van der Waals surface area (Å²) in [6.07, 6.45) is 6.90. The number of ether oxygens (including phenoxy) is 1. The van der Waals surface area contributed by atoms with E-state index in [2.05, 4.69) is 39.0 Å². The second kappa shape index (κ2) is 5.68. The molecule has 1 fully saturated rings. The van der Waals surface area contributed by atoms with Crippen molar-refractivity contribution in [1.82, 2.24) is 0 Å². The molecule has 1 saturated heterocycles. The van der Waals surface area contributed by atoms with Crippen molar-refractivity contribution in [3.8, 4) is 0 Å². The van der Waals surface area contributed by atoms with Crippen molar-refractivity contribution in [2.75, 3.05) is 0 Å². The summed E-state index contributed by atoms with van der Waals surface area (Å²) >= 11 is 0. The molecule has 94 valence electrons. The number of aryl methyl sites for hydroxylation is 3. The van der Waals surface area contributed by atoms with Gasteiger partial charge in [0.15, 0.2) is 0 Å². The van der Waals surface area contributed by atoms with E-state index >= 15 is 0 Å². The predicted molar refractivity (Wildman–Crippen MR) is 72.5 cm³/mol. The molecule has 2 atom stereocenters. The fourth-order valence-electron chi connectivity index (χ4n) is 2.57. The lowest BCUT2D eigenvalue weighted by Crippen LogP contribution is -2.00. The van der Waals surface area contributed by atoms with Crippen LogP contribution in [0.4, 0.5) is 0 Å². The minimum Gasteiger partial charge on any atom is -0.370 e. The van der Waals surface area contributed by atoms with E-state index in [-0.39, 0.29) is 0 Å². The zero-order valence-electron chi connectivity index (χ0n) is 11.3. The van der Waals surface area contributed by atoms with Crippen molar-refractivity contribution in [3.05, 3.63) is 34.9 Å². The van der Waals surface area contributed by atoms with Crippen LogP contribution in [0, 0.1) is 0 Å². The Bertz CT molecular complexity index is 370. The molecule has 2 unspecified atom stereocenters. The van der Waals surface area contributed by atoms with E-state index in [9.17, 15) is 0 Å². The highest BCUT2D eigenvalue weighted by Gasteiger charge is 2.36. The number of epoxide rings is 1. The fourth-order valence-corrected chi connectivity index (χ4v) is 2.57. The normalized spacial score (nSPS) is 22.8. The zero-order chi connectivity index (χ0) is 12.3. The van der Waals surface area contributed by atoms with Crippen LogP contribution in [-0.4, -0.2) is 12.2 Å². The largest absolute Gasteiger partial charge is 0.370 e. The minimum atomic E-state index is 0.537. The quantitative estimate of drug-likeness (QED) is 0.677. The summed E-state index contributed by atoms with van der Waals surface area (Å²) < 4.78 is 5.62. The van der Waals surface area contributed by atoms with Crippen molar-refractivity contribution in [2.45, 2.75) is 65.1 Å². The molecule has 1 heterocycles. The van der Waals surface area contributed by atoms with E-state index in [1.165, 1.54) is 36.0 Å². The van der Waals surface area contributed by atoms with Crippen molar-refractivity contribution in [2.24, 2.45) is 0 Å². The molecule has 1 heteroatoms. The van der Waals surface area contributed by atoms with Crippen LogP contribution in [0.1, 0.15) is 50.3 Å². The maximum absolute atomic E-state index is 5.62. The molecule has 0 amide bonds. The molecule has 2 rings (SSSR count). The monoisotopic (exact) mass is 232 g/mol. The Hall–Kier alpha value is -0.820. The van der Waals surface area contributed by atoms with Gasteiger partial charge in [-0.1, -0.05) is 39.0 Å². The Balaban J connectivity index is 1.98. The average Bonchev–Trinajstić information content (AvgIpc) is 3.14. The van der Waals surface area contributed by atoms with Crippen molar-refractivity contribution in [3.63, 3.8) is 0 Å². The van der Waals surface area contributed by atoms with E-state index in [1.807, 2.05) is 0 Å². The Morgan fingerprint density at radius 3 is 2.41 bits per heavy atom. The Morgan fingerprint density at radius 1 is 1.00 bits per heavy atom. The number of hydrogen-bond acceptors (Lipinski definition) is 1. The fraction of sp³-hybridized carbons (Fsp3) is 0.625. The van der Waals surface area contributed by atoms with Gasteiger partial charge in [0.1, 0.15) is 0 Å². The van der Waals surface area contributed by atoms with Crippen LogP contribution in [0.25, 0.3) is 0 Å². The van der Waals surface area contributed by atoms with Gasteiger partial charge >= 0.3 is 0 Å². The van der Waals surface area contributed by atoms with Gasteiger partial charge in [-0.25, -0.2) is 0 Å². The highest BCUT2D eigenvalue weighted by molar-refractivity contribution is 5.32. The topological polar surface area (TPSA) is 12.5 Å². The molecule has 1 aromatic rings. The van der Waals surface area contributed by atoms with Crippen LogP contribution in [0.5, 0.6) is 0 Å². The smallest absolute Gasteiger partial charge is 0.0845 e. The summed E-state index contributed by atoms with van der Waals surface area (Å²) in [6, 6.07) is 6.96. The second-order valence-corrected chi connectivity index (χ2v) is 4.97. The average molecular weight is 232 g/mol. The van der Waals surface area contributed by atoms with Crippen molar-refractivity contribution >= 4 is 0 Å². The van der Waals surface area contributed by atoms with Crippen LogP contribution in [0.2, 0.25) is 0 Å². The van der Waals surface area contributed by atoms with Gasteiger partial charge in [0.05, 0.1) is 12.2 Å². The van der Waals surface area contributed by atoms with Crippen molar-refractivity contribution in [1.29, 1.82) is 0 Å². The van der Waals surface area contributed by atoms with E-state index in [0.29, 0.717) is 12.2 Å². The molecule has 0 aromatic heterocycles. The second-order valence-electron chi connectivity index (χ2n) is 4.97. The predicted octanol–water partition coefficient (Wildman–Crippen LogP) is 3.92. The molecular weight excluding hydrogens is 208 g/mol. The molecule has 0 spiro atoms. The van der Waals surface area contributed by atoms with E-state index in [4.69, 9.17) is 4.74 Å². The summed E-state index contributed by atoms with van der Waals surface area (Å²) in [6.45, 7) is 6.68. The lowest BCUT2D eigenvalue weighted by Gasteiger charge is -2.09. The standard InChI is InChI=1S/C16H24O/c1-4-12-7-8-13(5-2)14(11-12)9-10-16-15(6-3)17-16/h7-8,11,15-16H,4-6,9-10H2,1-3H3. The summed E-state index contributed by atoms with van der Waals surface area (Å²) in [7, 11) is 0. The molecule has 1 aromatic carbocycles. The van der Waals surface area contributed by atoms with E-state index < -0.39 is 0 Å².